The van der Waals surface area contributed by atoms with Crippen LogP contribution in [-0.4, -0.2) is 51.8 Å². The standard InChI is InChI=1S/C31H31N5O3/c1-3-15-35-26-20-36(30(38)27(26)28(34-31(35)39)24-13-7-9-21(2)16-24)25(17-22-10-5-4-6-11-22)29(37)33-19-23-12-8-14-32-18-23/h3-14,16,18,25,28H,1,15,17,19-20H2,2H3,(H,33,37)(H,34,39)/t25-,28-/m0/s1. The van der Waals surface area contributed by atoms with E-state index in [2.05, 4.69) is 22.2 Å². The quantitative estimate of drug-likeness (QED) is 0.420. The second-order valence-electron chi connectivity index (χ2n) is 9.77. The number of amides is 4. The Morgan fingerprint density at radius 1 is 1.13 bits per heavy atom. The Balaban J connectivity index is 1.49. The Hall–Kier alpha value is -4.72. The molecule has 3 heterocycles. The van der Waals surface area contributed by atoms with Crippen molar-refractivity contribution in [2.45, 2.75) is 32.0 Å². The monoisotopic (exact) mass is 521 g/mol. The molecule has 0 unspecified atom stereocenters. The average Bonchev–Trinajstić information content (AvgIpc) is 3.29. The second-order valence-corrected chi connectivity index (χ2v) is 9.77. The van der Waals surface area contributed by atoms with Crippen LogP contribution in [0.4, 0.5) is 4.79 Å². The lowest BCUT2D eigenvalue weighted by Crippen LogP contribution is -2.49. The molecular formula is C31H31N5O3. The number of nitrogens with one attached hydrogen (secondary N) is 2. The minimum atomic E-state index is -0.777. The van der Waals surface area contributed by atoms with Crippen LogP contribution in [0.25, 0.3) is 0 Å². The molecular weight excluding hydrogens is 490 g/mol. The number of hydrogen-bond acceptors (Lipinski definition) is 4. The van der Waals surface area contributed by atoms with Crippen LogP contribution in [-0.2, 0) is 22.6 Å². The van der Waals surface area contributed by atoms with Gasteiger partial charge in [0.15, 0.2) is 0 Å². The van der Waals surface area contributed by atoms with Crippen LogP contribution in [0.2, 0.25) is 0 Å². The average molecular weight is 522 g/mol. The molecule has 39 heavy (non-hydrogen) atoms. The molecule has 2 aromatic carbocycles. The normalized spacial score (nSPS) is 17.5. The van der Waals surface area contributed by atoms with Crippen molar-refractivity contribution in [2.24, 2.45) is 0 Å². The third-order valence-electron chi connectivity index (χ3n) is 7.08. The fourth-order valence-corrected chi connectivity index (χ4v) is 5.18. The molecule has 0 saturated carbocycles. The molecule has 0 spiro atoms. The van der Waals surface area contributed by atoms with Crippen molar-refractivity contribution in [3.05, 3.63) is 125 Å². The lowest BCUT2D eigenvalue weighted by Gasteiger charge is -2.33. The molecule has 0 bridgehead atoms. The SMILES string of the molecule is C=CCN1C(=O)N[C@@H](c2cccc(C)c2)C2=C1CN([C@@H](Cc1ccccc1)C(=O)NCc1cccnc1)C2=O. The number of nitrogens with zero attached hydrogens (tertiary/aromatic N) is 3. The Bertz CT molecular complexity index is 1420. The molecule has 2 N–H and O–H groups in total. The maximum absolute atomic E-state index is 14.1. The van der Waals surface area contributed by atoms with Crippen molar-refractivity contribution in [2.75, 3.05) is 13.1 Å². The van der Waals surface area contributed by atoms with Crippen LogP contribution < -0.4 is 10.6 Å². The number of aromatic nitrogens is 1. The largest absolute Gasteiger partial charge is 0.350 e. The topological polar surface area (TPSA) is 94.6 Å². The van der Waals surface area contributed by atoms with Gasteiger partial charge in [-0.3, -0.25) is 19.5 Å². The number of hydrogen-bond donors (Lipinski definition) is 2. The highest BCUT2D eigenvalue weighted by molar-refractivity contribution is 6.03. The first-order valence-electron chi connectivity index (χ1n) is 13.0. The highest BCUT2D eigenvalue weighted by atomic mass is 16.2. The van der Waals surface area contributed by atoms with E-state index in [0.717, 1.165) is 22.3 Å². The number of aryl methyl sites for hydroxylation is 1. The van der Waals surface area contributed by atoms with Crippen LogP contribution in [0.15, 0.2) is 103 Å². The van der Waals surface area contributed by atoms with Crippen LogP contribution in [0.3, 0.4) is 0 Å². The molecule has 198 valence electrons. The third kappa shape index (κ3) is 5.45. The minimum absolute atomic E-state index is 0.148. The zero-order chi connectivity index (χ0) is 27.4. The molecule has 2 atom stereocenters. The predicted octanol–water partition coefficient (Wildman–Crippen LogP) is 3.67. The Labute approximate surface area is 228 Å². The van der Waals surface area contributed by atoms with Crippen molar-refractivity contribution in [3.63, 3.8) is 0 Å². The van der Waals surface area contributed by atoms with Crippen molar-refractivity contribution >= 4 is 17.8 Å². The van der Waals surface area contributed by atoms with E-state index in [0.29, 0.717) is 24.2 Å². The maximum atomic E-state index is 14.1. The third-order valence-corrected chi connectivity index (χ3v) is 7.08. The predicted molar refractivity (Wildman–Crippen MR) is 148 cm³/mol. The summed E-state index contributed by atoms with van der Waals surface area (Å²) in [7, 11) is 0. The molecule has 1 aromatic heterocycles. The van der Waals surface area contributed by atoms with E-state index >= 15 is 0 Å². The van der Waals surface area contributed by atoms with Gasteiger partial charge in [-0.25, -0.2) is 4.79 Å². The van der Waals surface area contributed by atoms with Gasteiger partial charge in [-0.05, 0) is 29.7 Å². The van der Waals surface area contributed by atoms with Gasteiger partial charge in [-0.15, -0.1) is 6.58 Å². The van der Waals surface area contributed by atoms with Crippen molar-refractivity contribution in [1.82, 2.24) is 25.4 Å². The van der Waals surface area contributed by atoms with Crippen molar-refractivity contribution in [3.8, 4) is 0 Å². The first-order valence-corrected chi connectivity index (χ1v) is 13.0. The molecule has 4 amide bonds. The van der Waals surface area contributed by atoms with E-state index in [9.17, 15) is 14.4 Å². The zero-order valence-corrected chi connectivity index (χ0v) is 21.8. The van der Waals surface area contributed by atoms with E-state index in [1.165, 1.54) is 0 Å². The van der Waals surface area contributed by atoms with Gasteiger partial charge in [0.05, 0.1) is 23.9 Å². The van der Waals surface area contributed by atoms with Crippen LogP contribution in [0.5, 0.6) is 0 Å². The van der Waals surface area contributed by atoms with Gasteiger partial charge in [0.2, 0.25) is 5.91 Å². The molecule has 8 nitrogen and oxygen atoms in total. The zero-order valence-electron chi connectivity index (χ0n) is 21.8. The van der Waals surface area contributed by atoms with E-state index in [-0.39, 0.29) is 30.9 Å². The highest BCUT2D eigenvalue weighted by Gasteiger charge is 2.46. The maximum Gasteiger partial charge on any atom is 0.322 e. The van der Waals surface area contributed by atoms with Crippen LogP contribution in [0, 0.1) is 6.92 Å². The summed E-state index contributed by atoms with van der Waals surface area (Å²) >= 11 is 0. The number of carbonyl (C=O) groups excluding carboxylic acids is 3. The van der Waals surface area contributed by atoms with Gasteiger partial charge < -0.3 is 15.5 Å². The fraction of sp³-hybridized carbons (Fsp3) is 0.226. The number of urea groups is 1. The summed E-state index contributed by atoms with van der Waals surface area (Å²) in [5.41, 5.74) is 4.74. The Morgan fingerprint density at radius 2 is 1.92 bits per heavy atom. The number of benzene rings is 2. The summed E-state index contributed by atoms with van der Waals surface area (Å²) in [4.78, 5) is 48.2. The molecule has 0 radical (unpaired) electrons. The lowest BCUT2D eigenvalue weighted by atomic mass is 9.94. The van der Waals surface area contributed by atoms with E-state index in [4.69, 9.17) is 0 Å². The molecule has 5 rings (SSSR count). The first-order chi connectivity index (χ1) is 19.0. The van der Waals surface area contributed by atoms with Crippen molar-refractivity contribution < 1.29 is 14.4 Å². The van der Waals surface area contributed by atoms with Gasteiger partial charge in [0, 0.05) is 31.9 Å². The summed E-state index contributed by atoms with van der Waals surface area (Å²) in [6.07, 6.45) is 5.35. The summed E-state index contributed by atoms with van der Waals surface area (Å²) in [6.45, 7) is 6.46. The van der Waals surface area contributed by atoms with Gasteiger partial charge in [0.1, 0.15) is 6.04 Å². The van der Waals surface area contributed by atoms with E-state index in [1.807, 2.05) is 73.7 Å². The summed E-state index contributed by atoms with van der Waals surface area (Å²) in [5.74, 6) is -0.527. The van der Waals surface area contributed by atoms with E-state index in [1.54, 1.807) is 28.3 Å². The van der Waals surface area contributed by atoms with Crippen LogP contribution >= 0.6 is 0 Å². The van der Waals surface area contributed by atoms with E-state index < -0.39 is 12.1 Å². The second kappa shape index (κ2) is 11.3. The minimum Gasteiger partial charge on any atom is -0.350 e. The molecule has 0 saturated heterocycles. The Morgan fingerprint density at radius 3 is 2.64 bits per heavy atom. The summed E-state index contributed by atoms with van der Waals surface area (Å²) in [5, 5.41) is 6.00. The van der Waals surface area contributed by atoms with Crippen LogP contribution in [0.1, 0.15) is 28.3 Å². The van der Waals surface area contributed by atoms with Crippen molar-refractivity contribution in [1.29, 1.82) is 0 Å². The summed E-state index contributed by atoms with van der Waals surface area (Å²) in [6, 6.07) is 19.4. The molecule has 8 heteroatoms. The van der Waals surface area contributed by atoms with Gasteiger partial charge in [0.25, 0.3) is 5.91 Å². The van der Waals surface area contributed by atoms with Gasteiger partial charge >= 0.3 is 6.03 Å². The fourth-order valence-electron chi connectivity index (χ4n) is 5.18. The number of carbonyl (C=O) groups is 3. The number of pyridine rings is 1. The van der Waals surface area contributed by atoms with Gasteiger partial charge in [-0.2, -0.15) is 0 Å². The molecule has 0 aliphatic carbocycles. The molecule has 2 aliphatic rings. The first kappa shape index (κ1) is 25.9. The smallest absolute Gasteiger partial charge is 0.322 e. The molecule has 3 aromatic rings. The Kier molecular flexibility index (Phi) is 7.54. The van der Waals surface area contributed by atoms with Gasteiger partial charge in [-0.1, -0.05) is 72.3 Å². The highest BCUT2D eigenvalue weighted by Crippen LogP contribution is 2.37. The molecule has 2 aliphatic heterocycles. The number of rotatable bonds is 9. The molecule has 0 fully saturated rings. The summed E-state index contributed by atoms with van der Waals surface area (Å²) < 4.78 is 0. The lowest BCUT2D eigenvalue weighted by molar-refractivity contribution is -0.136.